The van der Waals surface area contributed by atoms with Crippen molar-refractivity contribution in [2.75, 3.05) is 33.4 Å². The molecular weight excluding hydrogens is 220 g/mol. The van der Waals surface area contributed by atoms with Gasteiger partial charge < -0.3 is 19.3 Å². The standard InChI is InChI=1S/C12H20N2O3/c1-3-14-6-4-5-11(14)12(16)13(2)7-9-17-10-8-15/h4-6,15H,3,7-10H2,1-2H3. The number of rotatable bonds is 7. The van der Waals surface area contributed by atoms with Crippen LogP contribution < -0.4 is 0 Å². The Morgan fingerprint density at radius 3 is 2.94 bits per heavy atom. The second-order valence-corrected chi connectivity index (χ2v) is 3.74. The zero-order chi connectivity index (χ0) is 12.7. The number of amides is 1. The Hall–Kier alpha value is -1.33. The molecule has 0 aliphatic rings. The molecule has 0 atom stereocenters. The predicted molar refractivity (Wildman–Crippen MR) is 65.0 cm³/mol. The summed E-state index contributed by atoms with van der Waals surface area (Å²) >= 11 is 0. The van der Waals surface area contributed by atoms with E-state index in [1.165, 1.54) is 0 Å². The summed E-state index contributed by atoms with van der Waals surface area (Å²) in [6.45, 7) is 4.07. The van der Waals surface area contributed by atoms with E-state index in [0.717, 1.165) is 6.54 Å². The molecule has 0 saturated heterocycles. The zero-order valence-electron chi connectivity index (χ0n) is 10.4. The predicted octanol–water partition coefficient (Wildman–Crippen LogP) is 0.589. The van der Waals surface area contributed by atoms with Crippen LogP contribution in [0.2, 0.25) is 0 Å². The van der Waals surface area contributed by atoms with Crippen molar-refractivity contribution in [2.24, 2.45) is 0 Å². The van der Waals surface area contributed by atoms with Crippen LogP contribution in [0.3, 0.4) is 0 Å². The number of carbonyl (C=O) groups excluding carboxylic acids is 1. The molecule has 0 unspecified atom stereocenters. The van der Waals surface area contributed by atoms with Gasteiger partial charge in [-0.25, -0.2) is 0 Å². The summed E-state index contributed by atoms with van der Waals surface area (Å²) in [5.41, 5.74) is 0.692. The molecule has 1 aromatic rings. The molecule has 0 radical (unpaired) electrons. The number of aliphatic hydroxyl groups is 1. The summed E-state index contributed by atoms with van der Waals surface area (Å²) < 4.78 is 7.04. The Labute approximate surface area is 102 Å². The molecule has 1 amide bonds. The minimum absolute atomic E-state index is 0.00977. The number of hydrogen-bond acceptors (Lipinski definition) is 3. The number of aryl methyl sites for hydroxylation is 1. The Morgan fingerprint density at radius 1 is 1.53 bits per heavy atom. The van der Waals surface area contributed by atoms with Gasteiger partial charge in [-0.15, -0.1) is 0 Å². The highest BCUT2D eigenvalue weighted by Crippen LogP contribution is 2.05. The third-order valence-electron chi connectivity index (χ3n) is 2.54. The minimum atomic E-state index is -0.00977. The van der Waals surface area contributed by atoms with E-state index >= 15 is 0 Å². The van der Waals surface area contributed by atoms with Crippen molar-refractivity contribution >= 4 is 5.91 Å². The summed E-state index contributed by atoms with van der Waals surface area (Å²) in [5, 5.41) is 8.55. The third-order valence-corrected chi connectivity index (χ3v) is 2.54. The number of hydrogen-bond donors (Lipinski definition) is 1. The van der Waals surface area contributed by atoms with Crippen molar-refractivity contribution in [3.05, 3.63) is 24.0 Å². The average molecular weight is 240 g/mol. The quantitative estimate of drug-likeness (QED) is 0.710. The normalized spacial score (nSPS) is 10.5. The summed E-state index contributed by atoms with van der Waals surface area (Å²) in [6.07, 6.45) is 1.89. The fourth-order valence-electron chi connectivity index (χ4n) is 1.55. The van der Waals surface area contributed by atoms with E-state index in [1.807, 2.05) is 29.8 Å². The lowest BCUT2D eigenvalue weighted by molar-refractivity contribution is 0.0611. The highest BCUT2D eigenvalue weighted by molar-refractivity contribution is 5.92. The fourth-order valence-corrected chi connectivity index (χ4v) is 1.55. The van der Waals surface area contributed by atoms with E-state index < -0.39 is 0 Å². The van der Waals surface area contributed by atoms with E-state index in [2.05, 4.69) is 0 Å². The van der Waals surface area contributed by atoms with E-state index in [-0.39, 0.29) is 12.5 Å². The van der Waals surface area contributed by atoms with Gasteiger partial charge >= 0.3 is 0 Å². The Bertz CT molecular complexity index is 349. The van der Waals surface area contributed by atoms with Crippen LogP contribution in [0.1, 0.15) is 17.4 Å². The number of likely N-dealkylation sites (N-methyl/N-ethyl adjacent to an activating group) is 1. The number of aliphatic hydroxyl groups excluding tert-OH is 1. The second kappa shape index (κ2) is 7.09. The lowest BCUT2D eigenvalue weighted by Crippen LogP contribution is -2.31. The summed E-state index contributed by atoms with van der Waals surface area (Å²) in [7, 11) is 1.75. The highest BCUT2D eigenvalue weighted by atomic mass is 16.5. The molecule has 1 aromatic heterocycles. The van der Waals surface area contributed by atoms with Crippen molar-refractivity contribution in [3.8, 4) is 0 Å². The molecule has 0 fully saturated rings. The van der Waals surface area contributed by atoms with Gasteiger partial charge in [0.2, 0.25) is 0 Å². The molecule has 0 aliphatic heterocycles. The van der Waals surface area contributed by atoms with Gasteiger partial charge in [-0.2, -0.15) is 0 Å². The van der Waals surface area contributed by atoms with Gasteiger partial charge in [-0.1, -0.05) is 0 Å². The van der Waals surface area contributed by atoms with Crippen LogP contribution in [0.5, 0.6) is 0 Å². The Balaban J connectivity index is 2.46. The third kappa shape index (κ3) is 3.87. The molecule has 0 spiro atoms. The minimum Gasteiger partial charge on any atom is -0.394 e. The van der Waals surface area contributed by atoms with Gasteiger partial charge in [0, 0.05) is 26.3 Å². The molecule has 0 aromatic carbocycles. The van der Waals surface area contributed by atoms with E-state index in [9.17, 15) is 4.79 Å². The smallest absolute Gasteiger partial charge is 0.270 e. The summed E-state index contributed by atoms with van der Waals surface area (Å²) in [4.78, 5) is 13.7. The highest BCUT2D eigenvalue weighted by Gasteiger charge is 2.14. The topological polar surface area (TPSA) is 54.7 Å². The maximum Gasteiger partial charge on any atom is 0.270 e. The van der Waals surface area contributed by atoms with E-state index in [0.29, 0.717) is 25.5 Å². The summed E-state index contributed by atoms with van der Waals surface area (Å²) in [5.74, 6) is -0.00977. The van der Waals surface area contributed by atoms with Gasteiger partial charge in [-0.05, 0) is 19.1 Å². The number of aromatic nitrogens is 1. The molecule has 0 saturated carbocycles. The molecule has 0 aliphatic carbocycles. The lowest BCUT2D eigenvalue weighted by atomic mass is 10.3. The molecule has 5 nitrogen and oxygen atoms in total. The first-order valence-corrected chi connectivity index (χ1v) is 5.80. The van der Waals surface area contributed by atoms with Crippen LogP contribution in [0.25, 0.3) is 0 Å². The molecule has 5 heteroatoms. The number of ether oxygens (including phenoxy) is 1. The second-order valence-electron chi connectivity index (χ2n) is 3.74. The van der Waals surface area contributed by atoms with Gasteiger partial charge in [-0.3, -0.25) is 4.79 Å². The van der Waals surface area contributed by atoms with Crippen LogP contribution in [-0.4, -0.2) is 53.9 Å². The van der Waals surface area contributed by atoms with Gasteiger partial charge in [0.05, 0.1) is 19.8 Å². The van der Waals surface area contributed by atoms with Crippen LogP contribution in [0.15, 0.2) is 18.3 Å². The SMILES string of the molecule is CCn1cccc1C(=O)N(C)CCOCCO. The van der Waals surface area contributed by atoms with E-state index in [1.54, 1.807) is 11.9 Å². The largest absolute Gasteiger partial charge is 0.394 e. The molecule has 1 rings (SSSR count). The first-order valence-electron chi connectivity index (χ1n) is 5.80. The van der Waals surface area contributed by atoms with Gasteiger partial charge in [0.15, 0.2) is 0 Å². The van der Waals surface area contributed by atoms with Crippen LogP contribution in [0, 0.1) is 0 Å². The van der Waals surface area contributed by atoms with Crippen LogP contribution >= 0.6 is 0 Å². The first-order chi connectivity index (χ1) is 8.20. The van der Waals surface area contributed by atoms with Crippen molar-refractivity contribution in [2.45, 2.75) is 13.5 Å². The maximum atomic E-state index is 12.0. The fraction of sp³-hybridized carbons (Fsp3) is 0.583. The zero-order valence-corrected chi connectivity index (χ0v) is 10.4. The Morgan fingerprint density at radius 2 is 2.29 bits per heavy atom. The summed E-state index contributed by atoms with van der Waals surface area (Å²) in [6, 6.07) is 3.68. The molecular formula is C12H20N2O3. The first kappa shape index (κ1) is 13.7. The van der Waals surface area contributed by atoms with Crippen molar-refractivity contribution in [1.82, 2.24) is 9.47 Å². The monoisotopic (exact) mass is 240 g/mol. The average Bonchev–Trinajstić information content (AvgIpc) is 2.81. The molecule has 1 heterocycles. The molecule has 1 N–H and O–H groups in total. The molecule has 96 valence electrons. The van der Waals surface area contributed by atoms with Crippen molar-refractivity contribution < 1.29 is 14.6 Å². The molecule has 0 bridgehead atoms. The molecule has 17 heavy (non-hydrogen) atoms. The van der Waals surface area contributed by atoms with Crippen LogP contribution in [0.4, 0.5) is 0 Å². The lowest BCUT2D eigenvalue weighted by Gasteiger charge is -2.17. The van der Waals surface area contributed by atoms with Gasteiger partial charge in [0.1, 0.15) is 5.69 Å². The van der Waals surface area contributed by atoms with Crippen LogP contribution in [-0.2, 0) is 11.3 Å². The van der Waals surface area contributed by atoms with E-state index in [4.69, 9.17) is 9.84 Å². The van der Waals surface area contributed by atoms with Gasteiger partial charge in [0.25, 0.3) is 5.91 Å². The maximum absolute atomic E-state index is 12.0. The van der Waals surface area contributed by atoms with Crippen molar-refractivity contribution in [3.63, 3.8) is 0 Å². The number of carbonyl (C=O) groups is 1. The van der Waals surface area contributed by atoms with Crippen molar-refractivity contribution in [1.29, 1.82) is 0 Å². The number of nitrogens with zero attached hydrogens (tertiary/aromatic N) is 2. The Kier molecular flexibility index (Phi) is 5.72.